The first-order valence-electron chi connectivity index (χ1n) is 6.63. The zero-order chi connectivity index (χ0) is 13.0. The number of hydrogen-bond acceptors (Lipinski definition) is 4. The molecule has 0 amide bonds. The van der Waals surface area contributed by atoms with Crippen molar-refractivity contribution in [3.63, 3.8) is 0 Å². The maximum absolute atomic E-state index is 9.44. The molecular formula is C14H22N2O2. The van der Waals surface area contributed by atoms with Crippen molar-refractivity contribution in [2.75, 3.05) is 25.1 Å². The molecule has 1 aromatic heterocycles. The molecule has 0 aromatic carbocycles. The second-order valence-electron chi connectivity index (χ2n) is 4.99. The van der Waals surface area contributed by atoms with Crippen LogP contribution in [0.5, 0.6) is 0 Å². The quantitative estimate of drug-likeness (QED) is 0.889. The number of ether oxygens (including phenoxy) is 1. The van der Waals surface area contributed by atoms with Gasteiger partial charge in [0, 0.05) is 26.4 Å². The Balaban J connectivity index is 1.93. The first-order chi connectivity index (χ1) is 8.66. The Morgan fingerprint density at radius 1 is 1.50 bits per heavy atom. The average molecular weight is 250 g/mol. The van der Waals surface area contributed by atoms with Crippen LogP contribution in [0.4, 0.5) is 5.82 Å². The second-order valence-corrected chi connectivity index (χ2v) is 4.99. The third kappa shape index (κ3) is 3.43. The highest BCUT2D eigenvalue weighted by atomic mass is 16.5. The van der Waals surface area contributed by atoms with Gasteiger partial charge in [0.25, 0.3) is 0 Å². The van der Waals surface area contributed by atoms with Crippen LogP contribution in [0.1, 0.15) is 37.9 Å². The van der Waals surface area contributed by atoms with Gasteiger partial charge >= 0.3 is 0 Å². The van der Waals surface area contributed by atoms with Gasteiger partial charge in [0.2, 0.25) is 0 Å². The Kier molecular flexibility index (Phi) is 4.55. The van der Waals surface area contributed by atoms with Gasteiger partial charge in [0.05, 0.1) is 12.2 Å². The van der Waals surface area contributed by atoms with E-state index in [1.54, 1.807) is 13.1 Å². The lowest BCUT2D eigenvalue weighted by Crippen LogP contribution is -2.33. The number of nitrogens with zero attached hydrogens (tertiary/aromatic N) is 2. The average Bonchev–Trinajstić information content (AvgIpc) is 2.40. The zero-order valence-electron chi connectivity index (χ0n) is 11.2. The van der Waals surface area contributed by atoms with Crippen LogP contribution in [0.15, 0.2) is 18.3 Å². The summed E-state index contributed by atoms with van der Waals surface area (Å²) in [5, 5.41) is 9.44. The van der Waals surface area contributed by atoms with Crippen molar-refractivity contribution in [2.45, 2.75) is 38.4 Å². The minimum atomic E-state index is -0.460. The van der Waals surface area contributed by atoms with Gasteiger partial charge in [-0.3, -0.25) is 0 Å². The molecule has 2 atom stereocenters. The van der Waals surface area contributed by atoms with Crippen molar-refractivity contribution in [1.82, 2.24) is 4.98 Å². The fourth-order valence-corrected chi connectivity index (χ4v) is 2.22. The van der Waals surface area contributed by atoms with Crippen LogP contribution in [0.25, 0.3) is 0 Å². The maximum atomic E-state index is 9.44. The second kappa shape index (κ2) is 6.16. The molecule has 0 aliphatic carbocycles. The molecule has 1 saturated heterocycles. The normalized spacial score (nSPS) is 21.6. The Labute approximate surface area is 109 Å². The van der Waals surface area contributed by atoms with Crippen LogP contribution >= 0.6 is 0 Å². The van der Waals surface area contributed by atoms with Gasteiger partial charge < -0.3 is 14.7 Å². The molecule has 1 aliphatic rings. The monoisotopic (exact) mass is 250 g/mol. The van der Waals surface area contributed by atoms with Crippen LogP contribution in [-0.4, -0.2) is 36.4 Å². The van der Waals surface area contributed by atoms with Gasteiger partial charge in [-0.05, 0) is 37.8 Å². The highest BCUT2D eigenvalue weighted by Gasteiger charge is 2.16. The van der Waals surface area contributed by atoms with Gasteiger partial charge in [0.15, 0.2) is 0 Å². The summed E-state index contributed by atoms with van der Waals surface area (Å²) in [5.41, 5.74) is 0.848. The van der Waals surface area contributed by atoms with Crippen molar-refractivity contribution in [2.24, 2.45) is 0 Å². The van der Waals surface area contributed by atoms with E-state index in [4.69, 9.17) is 4.74 Å². The fraction of sp³-hybridized carbons (Fsp3) is 0.643. The number of aliphatic hydroxyl groups is 1. The van der Waals surface area contributed by atoms with E-state index in [1.807, 2.05) is 19.2 Å². The van der Waals surface area contributed by atoms with Crippen LogP contribution < -0.4 is 4.90 Å². The van der Waals surface area contributed by atoms with Gasteiger partial charge in [0.1, 0.15) is 5.82 Å². The minimum absolute atomic E-state index is 0.321. The van der Waals surface area contributed by atoms with E-state index >= 15 is 0 Å². The molecule has 1 aliphatic heterocycles. The summed E-state index contributed by atoms with van der Waals surface area (Å²) in [6.45, 7) is 3.50. The van der Waals surface area contributed by atoms with E-state index in [9.17, 15) is 5.11 Å². The Morgan fingerprint density at radius 2 is 2.33 bits per heavy atom. The molecule has 4 nitrogen and oxygen atoms in total. The van der Waals surface area contributed by atoms with Crippen LogP contribution in [-0.2, 0) is 4.74 Å². The van der Waals surface area contributed by atoms with Gasteiger partial charge in [-0.15, -0.1) is 0 Å². The Morgan fingerprint density at radius 3 is 2.89 bits per heavy atom. The van der Waals surface area contributed by atoms with Crippen molar-refractivity contribution in [3.8, 4) is 0 Å². The highest BCUT2D eigenvalue weighted by Crippen LogP contribution is 2.18. The van der Waals surface area contributed by atoms with E-state index in [1.165, 1.54) is 12.8 Å². The number of likely N-dealkylation sites (N-methyl/N-ethyl adjacent to an activating group) is 1. The molecule has 0 spiro atoms. The zero-order valence-corrected chi connectivity index (χ0v) is 11.2. The van der Waals surface area contributed by atoms with Crippen molar-refractivity contribution in [3.05, 3.63) is 23.9 Å². The lowest BCUT2D eigenvalue weighted by Gasteiger charge is -2.28. The van der Waals surface area contributed by atoms with Crippen molar-refractivity contribution >= 4 is 5.82 Å². The predicted molar refractivity (Wildman–Crippen MR) is 71.7 cm³/mol. The van der Waals surface area contributed by atoms with Gasteiger partial charge in [-0.25, -0.2) is 4.98 Å². The molecule has 1 unspecified atom stereocenters. The lowest BCUT2D eigenvalue weighted by atomic mass is 10.1. The molecule has 100 valence electrons. The molecule has 0 bridgehead atoms. The SMILES string of the molecule is C[C@H](O)c1ccc(N(C)CC2CCCCO2)nc1. The molecule has 2 rings (SSSR count). The molecule has 0 radical (unpaired) electrons. The number of anilines is 1. The van der Waals surface area contributed by atoms with Gasteiger partial charge in [-0.2, -0.15) is 0 Å². The summed E-state index contributed by atoms with van der Waals surface area (Å²) in [6.07, 6.45) is 5.17. The Hall–Kier alpha value is -1.13. The number of pyridine rings is 1. The number of aromatic nitrogens is 1. The first-order valence-corrected chi connectivity index (χ1v) is 6.63. The topological polar surface area (TPSA) is 45.6 Å². The van der Waals surface area contributed by atoms with E-state index in [0.717, 1.165) is 31.0 Å². The number of rotatable bonds is 4. The standard InChI is InChI=1S/C14H22N2O2/c1-11(17)12-6-7-14(15-9-12)16(2)10-13-5-3-4-8-18-13/h6-7,9,11,13,17H,3-5,8,10H2,1-2H3/t11-,13?/m0/s1. The van der Waals surface area contributed by atoms with E-state index < -0.39 is 6.10 Å². The number of hydrogen-bond donors (Lipinski definition) is 1. The summed E-state index contributed by atoms with van der Waals surface area (Å²) < 4.78 is 5.72. The first kappa shape index (κ1) is 13.3. The van der Waals surface area contributed by atoms with Gasteiger partial charge in [-0.1, -0.05) is 6.07 Å². The molecule has 18 heavy (non-hydrogen) atoms. The maximum Gasteiger partial charge on any atom is 0.128 e. The van der Waals surface area contributed by atoms with Crippen molar-refractivity contribution < 1.29 is 9.84 Å². The summed E-state index contributed by atoms with van der Waals surface area (Å²) in [7, 11) is 2.03. The van der Waals surface area contributed by atoms with E-state index in [2.05, 4.69) is 9.88 Å². The van der Waals surface area contributed by atoms with E-state index in [-0.39, 0.29) is 0 Å². The fourth-order valence-electron chi connectivity index (χ4n) is 2.22. The highest BCUT2D eigenvalue weighted by molar-refractivity contribution is 5.38. The molecule has 2 heterocycles. The molecule has 1 aromatic rings. The molecule has 1 N–H and O–H groups in total. The molecule has 4 heteroatoms. The van der Waals surface area contributed by atoms with Crippen molar-refractivity contribution in [1.29, 1.82) is 0 Å². The molecular weight excluding hydrogens is 228 g/mol. The summed E-state index contributed by atoms with van der Waals surface area (Å²) in [5.74, 6) is 0.925. The molecule has 1 fully saturated rings. The summed E-state index contributed by atoms with van der Waals surface area (Å²) in [6, 6.07) is 3.87. The summed E-state index contributed by atoms with van der Waals surface area (Å²) in [4.78, 5) is 6.49. The Bertz CT molecular complexity index is 359. The van der Waals surface area contributed by atoms with Crippen LogP contribution in [0.2, 0.25) is 0 Å². The van der Waals surface area contributed by atoms with Crippen LogP contribution in [0.3, 0.4) is 0 Å². The van der Waals surface area contributed by atoms with E-state index in [0.29, 0.717) is 6.10 Å². The summed E-state index contributed by atoms with van der Waals surface area (Å²) >= 11 is 0. The molecule has 0 saturated carbocycles. The third-order valence-electron chi connectivity index (χ3n) is 3.40. The number of aliphatic hydroxyl groups excluding tert-OH is 1. The predicted octanol–water partition coefficient (Wildman–Crippen LogP) is 2.14. The van der Waals surface area contributed by atoms with Crippen LogP contribution in [0, 0.1) is 0 Å². The minimum Gasteiger partial charge on any atom is -0.389 e. The smallest absolute Gasteiger partial charge is 0.128 e. The lowest BCUT2D eigenvalue weighted by molar-refractivity contribution is 0.0215. The third-order valence-corrected chi connectivity index (χ3v) is 3.40. The largest absolute Gasteiger partial charge is 0.389 e.